The van der Waals surface area contributed by atoms with Gasteiger partial charge in [-0.2, -0.15) is 0 Å². The highest BCUT2D eigenvalue weighted by Gasteiger charge is 2.27. The fourth-order valence-corrected chi connectivity index (χ4v) is 2.59. The van der Waals surface area contributed by atoms with Crippen molar-refractivity contribution in [1.29, 1.82) is 0 Å². The number of phosphoric acid groups is 1. The summed E-state index contributed by atoms with van der Waals surface area (Å²) in [7, 11) is -3.61. The van der Waals surface area contributed by atoms with Crippen LogP contribution < -0.4 is 0 Å². The molecule has 0 radical (unpaired) electrons. The molecule has 0 aliphatic carbocycles. The van der Waals surface area contributed by atoms with Crippen LogP contribution in [-0.4, -0.2) is 31.9 Å². The van der Waals surface area contributed by atoms with Crippen LogP contribution in [0.2, 0.25) is 0 Å². The van der Waals surface area contributed by atoms with Crippen LogP contribution in [0.1, 0.15) is 53.4 Å². The summed E-state index contributed by atoms with van der Waals surface area (Å²) in [5.41, 5.74) is 0.299. The van der Waals surface area contributed by atoms with Crippen LogP contribution in [0.5, 0.6) is 0 Å². The van der Waals surface area contributed by atoms with Crippen molar-refractivity contribution in [2.75, 3.05) is 19.8 Å². The zero-order valence-electron chi connectivity index (χ0n) is 14.1. The fourth-order valence-electron chi connectivity index (χ4n) is 1.27. The first kappa shape index (κ1) is 21.3. The van der Waals surface area contributed by atoms with E-state index in [-0.39, 0.29) is 6.61 Å². The Morgan fingerprint density at radius 3 is 2.00 bits per heavy atom. The SMILES string of the molecule is C=C(C)C(=O)OC(C)COP(=O)(OCCCC)OCCCC. The molecule has 0 aromatic carbocycles. The normalized spacial score (nSPS) is 12.9. The van der Waals surface area contributed by atoms with Crippen LogP contribution >= 0.6 is 7.82 Å². The van der Waals surface area contributed by atoms with Crippen molar-refractivity contribution < 1.29 is 27.7 Å². The molecule has 0 bridgehead atoms. The van der Waals surface area contributed by atoms with Crippen molar-refractivity contribution in [3.63, 3.8) is 0 Å². The molecule has 0 spiro atoms. The van der Waals surface area contributed by atoms with Crippen LogP contribution in [0.25, 0.3) is 0 Å². The highest BCUT2D eigenvalue weighted by atomic mass is 31.2. The van der Waals surface area contributed by atoms with Gasteiger partial charge >= 0.3 is 13.8 Å². The van der Waals surface area contributed by atoms with E-state index in [4.69, 9.17) is 18.3 Å². The number of rotatable bonds is 13. The number of esters is 1. The molecule has 0 aromatic rings. The van der Waals surface area contributed by atoms with Crippen LogP contribution in [-0.2, 0) is 27.7 Å². The Bertz CT molecular complexity index is 368. The molecule has 130 valence electrons. The fraction of sp³-hybridized carbons (Fsp3) is 0.800. The molecule has 6 nitrogen and oxygen atoms in total. The largest absolute Gasteiger partial charge is 0.474 e. The number of unbranched alkanes of at least 4 members (excludes halogenated alkanes) is 2. The minimum absolute atomic E-state index is 0.0610. The Balaban J connectivity index is 4.39. The summed E-state index contributed by atoms with van der Waals surface area (Å²) in [6.07, 6.45) is 2.81. The van der Waals surface area contributed by atoms with Crippen molar-refractivity contribution in [3.8, 4) is 0 Å². The molecule has 0 saturated carbocycles. The molecule has 0 aliphatic rings. The molecular formula is C15H29O6P. The Kier molecular flexibility index (Phi) is 11.5. The topological polar surface area (TPSA) is 71.1 Å². The Hall–Kier alpha value is -0.680. The lowest BCUT2D eigenvalue weighted by Gasteiger charge is -2.20. The lowest BCUT2D eigenvalue weighted by atomic mass is 10.3. The number of carbonyl (C=O) groups is 1. The maximum Gasteiger partial charge on any atom is 0.474 e. The van der Waals surface area contributed by atoms with Gasteiger partial charge in [-0.3, -0.25) is 13.6 Å². The molecule has 1 atom stereocenters. The van der Waals surface area contributed by atoms with E-state index >= 15 is 0 Å². The number of carbonyl (C=O) groups excluding carboxylic acids is 1. The van der Waals surface area contributed by atoms with Crippen molar-refractivity contribution >= 4 is 13.8 Å². The van der Waals surface area contributed by atoms with Gasteiger partial charge in [-0.15, -0.1) is 0 Å². The van der Waals surface area contributed by atoms with E-state index in [1.807, 2.05) is 13.8 Å². The predicted molar refractivity (Wildman–Crippen MR) is 85.6 cm³/mol. The minimum atomic E-state index is -3.61. The molecule has 0 fully saturated rings. The van der Waals surface area contributed by atoms with E-state index < -0.39 is 19.9 Å². The van der Waals surface area contributed by atoms with E-state index in [9.17, 15) is 9.36 Å². The average molecular weight is 336 g/mol. The second kappa shape index (κ2) is 11.8. The van der Waals surface area contributed by atoms with Crippen LogP contribution in [0.3, 0.4) is 0 Å². The zero-order valence-corrected chi connectivity index (χ0v) is 15.0. The molecule has 0 amide bonds. The molecule has 0 rings (SSSR count). The highest BCUT2D eigenvalue weighted by molar-refractivity contribution is 7.48. The summed E-state index contributed by atoms with van der Waals surface area (Å²) in [5, 5.41) is 0. The third kappa shape index (κ3) is 10.1. The summed E-state index contributed by atoms with van der Waals surface area (Å²) in [6, 6.07) is 0. The number of hydrogen-bond acceptors (Lipinski definition) is 6. The van der Waals surface area contributed by atoms with Gasteiger partial charge < -0.3 is 4.74 Å². The Morgan fingerprint density at radius 1 is 1.09 bits per heavy atom. The van der Waals surface area contributed by atoms with Crippen LogP contribution in [0, 0.1) is 0 Å². The summed E-state index contributed by atoms with van der Waals surface area (Å²) in [6.45, 7) is 11.3. The monoisotopic (exact) mass is 336 g/mol. The van der Waals surface area contributed by atoms with Gasteiger partial charge in [0.2, 0.25) is 0 Å². The number of hydrogen-bond donors (Lipinski definition) is 0. The molecule has 7 heteroatoms. The first-order valence-electron chi connectivity index (χ1n) is 7.74. The number of phosphoric ester groups is 1. The second-order valence-electron chi connectivity index (χ2n) is 5.11. The van der Waals surface area contributed by atoms with Crippen molar-refractivity contribution in [2.45, 2.75) is 59.5 Å². The molecule has 0 aromatic heterocycles. The molecule has 1 unspecified atom stereocenters. The third-order valence-electron chi connectivity index (χ3n) is 2.62. The summed E-state index contributed by atoms with van der Waals surface area (Å²) < 4.78 is 33.3. The van der Waals surface area contributed by atoms with Gasteiger partial charge in [-0.1, -0.05) is 33.3 Å². The number of ether oxygens (including phenoxy) is 1. The third-order valence-corrected chi connectivity index (χ3v) is 4.08. The Morgan fingerprint density at radius 2 is 1.59 bits per heavy atom. The first-order valence-corrected chi connectivity index (χ1v) is 9.20. The van der Waals surface area contributed by atoms with Crippen LogP contribution in [0.4, 0.5) is 0 Å². The highest BCUT2D eigenvalue weighted by Crippen LogP contribution is 2.49. The lowest BCUT2D eigenvalue weighted by molar-refractivity contribution is -0.145. The van der Waals surface area contributed by atoms with Gasteiger partial charge in [-0.25, -0.2) is 9.36 Å². The molecule has 0 saturated heterocycles. The summed E-state index contributed by atoms with van der Waals surface area (Å²) in [4.78, 5) is 11.4. The minimum Gasteiger partial charge on any atom is -0.457 e. The first-order chi connectivity index (χ1) is 10.3. The Labute approximate surface area is 133 Å². The van der Waals surface area contributed by atoms with Crippen molar-refractivity contribution in [2.24, 2.45) is 0 Å². The molecular weight excluding hydrogens is 307 g/mol. The lowest BCUT2D eigenvalue weighted by Crippen LogP contribution is -2.20. The van der Waals surface area contributed by atoms with Gasteiger partial charge in [0.05, 0.1) is 19.8 Å². The van der Waals surface area contributed by atoms with Crippen molar-refractivity contribution in [1.82, 2.24) is 0 Å². The van der Waals surface area contributed by atoms with Gasteiger partial charge in [0, 0.05) is 5.57 Å². The van der Waals surface area contributed by atoms with Crippen LogP contribution in [0.15, 0.2) is 12.2 Å². The summed E-state index contributed by atoms with van der Waals surface area (Å²) >= 11 is 0. The predicted octanol–water partition coefficient (Wildman–Crippen LogP) is 4.25. The van der Waals surface area contributed by atoms with E-state index in [0.717, 1.165) is 25.7 Å². The van der Waals surface area contributed by atoms with E-state index in [1.54, 1.807) is 13.8 Å². The van der Waals surface area contributed by atoms with Gasteiger partial charge in [-0.05, 0) is 26.7 Å². The van der Waals surface area contributed by atoms with Gasteiger partial charge in [0.1, 0.15) is 6.10 Å². The maximum absolute atomic E-state index is 12.5. The van der Waals surface area contributed by atoms with E-state index in [0.29, 0.717) is 18.8 Å². The van der Waals surface area contributed by atoms with Gasteiger partial charge in [0.15, 0.2) is 0 Å². The van der Waals surface area contributed by atoms with Gasteiger partial charge in [0.25, 0.3) is 0 Å². The van der Waals surface area contributed by atoms with E-state index in [1.165, 1.54) is 0 Å². The second-order valence-corrected chi connectivity index (χ2v) is 6.78. The summed E-state index contributed by atoms with van der Waals surface area (Å²) in [5.74, 6) is -0.510. The maximum atomic E-state index is 12.5. The zero-order chi connectivity index (χ0) is 17.0. The molecule has 22 heavy (non-hydrogen) atoms. The average Bonchev–Trinajstić information content (AvgIpc) is 2.46. The van der Waals surface area contributed by atoms with E-state index in [2.05, 4.69) is 6.58 Å². The molecule has 0 aliphatic heterocycles. The molecule has 0 heterocycles. The standard InChI is InChI=1S/C15H29O6P/c1-6-8-10-18-22(17,19-11-9-7-2)20-12-14(5)21-15(16)13(3)4/h14H,3,6-12H2,1-2,4-5H3. The smallest absolute Gasteiger partial charge is 0.457 e. The van der Waals surface area contributed by atoms with Crippen molar-refractivity contribution in [3.05, 3.63) is 12.2 Å². The molecule has 0 N–H and O–H groups in total. The quantitative estimate of drug-likeness (QED) is 0.217.